The molecule has 0 aliphatic rings. The molecule has 0 bridgehead atoms. The average Bonchev–Trinajstić information content (AvgIpc) is 2.34. The van der Waals surface area contributed by atoms with Crippen molar-refractivity contribution in [2.75, 3.05) is 7.11 Å². The minimum atomic E-state index is 0.548. The Bertz CT molecular complexity index is 309. The van der Waals surface area contributed by atoms with Crippen LogP contribution < -0.4 is 0 Å². The number of benzene rings is 1. The van der Waals surface area contributed by atoms with E-state index in [0.29, 0.717) is 12.5 Å². The topological polar surface area (TPSA) is 30.8 Å². The lowest BCUT2D eigenvalue weighted by Crippen LogP contribution is -2.05. The maximum Gasteiger partial charge on any atom is 0.225 e. The standard InChI is InChI=1S/C13H19NO2/c1-3-4-10-13(14-15-2)16-11-12-8-6-5-7-9-12/h5-9H,3-4,10-11H2,1-2H3. The molecule has 0 radical (unpaired) electrons. The van der Waals surface area contributed by atoms with E-state index in [0.717, 1.165) is 24.8 Å². The van der Waals surface area contributed by atoms with Crippen LogP contribution in [-0.4, -0.2) is 13.0 Å². The molecular formula is C13H19NO2. The van der Waals surface area contributed by atoms with E-state index in [1.165, 1.54) is 7.11 Å². The molecule has 0 heterocycles. The van der Waals surface area contributed by atoms with E-state index in [-0.39, 0.29) is 0 Å². The highest BCUT2D eigenvalue weighted by molar-refractivity contribution is 5.75. The molecular weight excluding hydrogens is 202 g/mol. The largest absolute Gasteiger partial charge is 0.474 e. The number of nitrogens with zero attached hydrogens (tertiary/aromatic N) is 1. The van der Waals surface area contributed by atoms with Gasteiger partial charge in [-0.25, -0.2) is 0 Å². The number of rotatable bonds is 6. The van der Waals surface area contributed by atoms with E-state index >= 15 is 0 Å². The van der Waals surface area contributed by atoms with Crippen molar-refractivity contribution in [3.05, 3.63) is 35.9 Å². The van der Waals surface area contributed by atoms with E-state index < -0.39 is 0 Å². The Morgan fingerprint density at radius 3 is 2.62 bits per heavy atom. The SMILES string of the molecule is CCCCC(=NOC)OCc1ccccc1. The Morgan fingerprint density at radius 1 is 1.25 bits per heavy atom. The minimum Gasteiger partial charge on any atom is -0.474 e. The Morgan fingerprint density at radius 2 is 2.00 bits per heavy atom. The van der Waals surface area contributed by atoms with Crippen LogP contribution >= 0.6 is 0 Å². The molecule has 0 unspecified atom stereocenters. The summed E-state index contributed by atoms with van der Waals surface area (Å²) in [5.41, 5.74) is 1.14. The van der Waals surface area contributed by atoms with E-state index in [1.54, 1.807) is 0 Å². The fourth-order valence-electron chi connectivity index (χ4n) is 1.31. The van der Waals surface area contributed by atoms with Crippen molar-refractivity contribution in [2.24, 2.45) is 5.16 Å². The van der Waals surface area contributed by atoms with Gasteiger partial charge in [0.25, 0.3) is 0 Å². The zero-order chi connectivity index (χ0) is 11.6. The zero-order valence-electron chi connectivity index (χ0n) is 9.98. The van der Waals surface area contributed by atoms with Crippen LogP contribution in [0.2, 0.25) is 0 Å². The smallest absolute Gasteiger partial charge is 0.225 e. The molecule has 0 saturated heterocycles. The van der Waals surface area contributed by atoms with Crippen LogP contribution in [0.25, 0.3) is 0 Å². The summed E-state index contributed by atoms with van der Waals surface area (Å²) in [6.45, 7) is 2.69. The molecule has 88 valence electrons. The Labute approximate surface area is 97.1 Å². The lowest BCUT2D eigenvalue weighted by molar-refractivity contribution is 0.184. The van der Waals surface area contributed by atoms with E-state index in [2.05, 4.69) is 12.1 Å². The number of ether oxygens (including phenoxy) is 1. The highest BCUT2D eigenvalue weighted by Gasteiger charge is 2.01. The molecule has 0 atom stereocenters. The third-order valence-electron chi connectivity index (χ3n) is 2.19. The molecule has 0 N–H and O–H groups in total. The van der Waals surface area contributed by atoms with Gasteiger partial charge < -0.3 is 9.57 Å². The van der Waals surface area contributed by atoms with Crippen molar-refractivity contribution in [1.29, 1.82) is 0 Å². The second-order valence-electron chi connectivity index (χ2n) is 3.55. The first-order valence-corrected chi connectivity index (χ1v) is 5.63. The van der Waals surface area contributed by atoms with Gasteiger partial charge in [-0.1, -0.05) is 48.8 Å². The van der Waals surface area contributed by atoms with Crippen LogP contribution in [0.4, 0.5) is 0 Å². The third kappa shape index (κ3) is 4.82. The predicted octanol–water partition coefficient (Wildman–Crippen LogP) is 3.35. The van der Waals surface area contributed by atoms with Gasteiger partial charge in [-0.15, -0.1) is 0 Å². The van der Waals surface area contributed by atoms with Gasteiger partial charge in [0.1, 0.15) is 13.7 Å². The highest BCUT2D eigenvalue weighted by Crippen LogP contribution is 2.05. The zero-order valence-corrected chi connectivity index (χ0v) is 9.98. The Balaban J connectivity index is 2.41. The van der Waals surface area contributed by atoms with E-state index in [4.69, 9.17) is 9.57 Å². The Hall–Kier alpha value is -1.51. The predicted molar refractivity (Wildman–Crippen MR) is 65.2 cm³/mol. The average molecular weight is 221 g/mol. The fourth-order valence-corrected chi connectivity index (χ4v) is 1.31. The summed E-state index contributed by atoms with van der Waals surface area (Å²) in [5, 5.41) is 3.87. The van der Waals surface area contributed by atoms with Crippen molar-refractivity contribution in [2.45, 2.75) is 32.8 Å². The van der Waals surface area contributed by atoms with Gasteiger partial charge in [-0.3, -0.25) is 0 Å². The van der Waals surface area contributed by atoms with Crippen LogP contribution in [0.3, 0.4) is 0 Å². The van der Waals surface area contributed by atoms with Crippen LogP contribution in [-0.2, 0) is 16.2 Å². The van der Waals surface area contributed by atoms with Gasteiger partial charge in [0.15, 0.2) is 0 Å². The first-order chi connectivity index (χ1) is 7.86. The summed E-state index contributed by atoms with van der Waals surface area (Å²) < 4.78 is 5.60. The molecule has 1 rings (SSSR count). The molecule has 3 nitrogen and oxygen atoms in total. The molecule has 0 spiro atoms. The van der Waals surface area contributed by atoms with E-state index in [9.17, 15) is 0 Å². The fraction of sp³-hybridized carbons (Fsp3) is 0.462. The van der Waals surface area contributed by atoms with Gasteiger partial charge in [0.2, 0.25) is 5.90 Å². The maximum atomic E-state index is 5.60. The van der Waals surface area contributed by atoms with Crippen molar-refractivity contribution in [3.63, 3.8) is 0 Å². The molecule has 0 fully saturated rings. The quantitative estimate of drug-likeness (QED) is 0.419. The minimum absolute atomic E-state index is 0.548. The molecule has 0 aliphatic carbocycles. The van der Waals surface area contributed by atoms with Crippen molar-refractivity contribution in [1.82, 2.24) is 0 Å². The molecule has 0 aliphatic heterocycles. The first kappa shape index (κ1) is 12.6. The second-order valence-corrected chi connectivity index (χ2v) is 3.55. The molecule has 16 heavy (non-hydrogen) atoms. The number of unbranched alkanes of at least 4 members (excludes halogenated alkanes) is 1. The second kappa shape index (κ2) is 7.74. The van der Waals surface area contributed by atoms with E-state index in [1.807, 2.05) is 30.3 Å². The van der Waals surface area contributed by atoms with Gasteiger partial charge in [0, 0.05) is 6.42 Å². The molecule has 1 aromatic carbocycles. The summed E-state index contributed by atoms with van der Waals surface area (Å²) in [6.07, 6.45) is 3.02. The molecule has 1 aromatic rings. The third-order valence-corrected chi connectivity index (χ3v) is 2.19. The van der Waals surface area contributed by atoms with Gasteiger partial charge >= 0.3 is 0 Å². The maximum absolute atomic E-state index is 5.60. The lowest BCUT2D eigenvalue weighted by atomic mass is 10.2. The summed E-state index contributed by atoms with van der Waals surface area (Å²) >= 11 is 0. The summed E-state index contributed by atoms with van der Waals surface area (Å²) in [6, 6.07) is 10.1. The molecule has 3 heteroatoms. The van der Waals surface area contributed by atoms with Crippen molar-refractivity contribution in [3.8, 4) is 0 Å². The Kier molecular flexibility index (Phi) is 6.07. The number of oxime groups is 1. The highest BCUT2D eigenvalue weighted by atomic mass is 16.6. The molecule has 0 amide bonds. The summed E-state index contributed by atoms with van der Waals surface area (Å²) in [5.74, 6) is 0.674. The summed E-state index contributed by atoms with van der Waals surface area (Å²) in [4.78, 5) is 4.75. The van der Waals surface area contributed by atoms with Gasteiger partial charge in [-0.05, 0) is 12.0 Å². The van der Waals surface area contributed by atoms with Gasteiger partial charge in [-0.2, -0.15) is 0 Å². The van der Waals surface area contributed by atoms with Crippen LogP contribution in [0, 0.1) is 0 Å². The molecule has 0 saturated carbocycles. The van der Waals surface area contributed by atoms with Crippen LogP contribution in [0.15, 0.2) is 35.5 Å². The summed E-state index contributed by atoms with van der Waals surface area (Å²) in [7, 11) is 1.54. The first-order valence-electron chi connectivity index (χ1n) is 5.63. The molecule has 0 aromatic heterocycles. The van der Waals surface area contributed by atoms with Crippen LogP contribution in [0.1, 0.15) is 31.7 Å². The van der Waals surface area contributed by atoms with Crippen LogP contribution in [0.5, 0.6) is 0 Å². The van der Waals surface area contributed by atoms with Crippen molar-refractivity contribution < 1.29 is 9.57 Å². The lowest BCUT2D eigenvalue weighted by Gasteiger charge is -2.07. The normalized spacial score (nSPS) is 11.2. The number of hydrogen-bond donors (Lipinski definition) is 0. The number of hydrogen-bond acceptors (Lipinski definition) is 3. The van der Waals surface area contributed by atoms with Gasteiger partial charge in [0.05, 0.1) is 0 Å². The monoisotopic (exact) mass is 221 g/mol. The van der Waals surface area contributed by atoms with Crippen molar-refractivity contribution >= 4 is 5.90 Å².